The van der Waals surface area contributed by atoms with Gasteiger partial charge in [0, 0.05) is 48.2 Å². The summed E-state index contributed by atoms with van der Waals surface area (Å²) >= 11 is 0. The summed E-state index contributed by atoms with van der Waals surface area (Å²) in [5.74, 6) is -0.506. The molecular weight excluding hydrogens is 685 g/mol. The summed E-state index contributed by atoms with van der Waals surface area (Å²) in [5, 5.41) is 9.40. The zero-order chi connectivity index (χ0) is 39.4. The van der Waals surface area contributed by atoms with Gasteiger partial charge in [0.05, 0.1) is 0 Å². The van der Waals surface area contributed by atoms with Crippen molar-refractivity contribution < 1.29 is 14.4 Å². The standard InChI is InChI=1S/C46H68N6O3/c1-33-18-19-35(44(53)50-27-15-9-3-6-12-24-47)30-40(33)43-41-31-36(45(54)51-28-16-10-4-7-13-25-48)20-22-38(41)34(2)39-23-21-37(32-42(39)43)46(55)52-29-17-11-5-8-14-26-49/h18-23,30-32,34,43H,3-17,24-29,47-49H2,1-2H3,(H,50,53)(H,51,54)(H,52,55). The molecular formula is C46H68N6O3. The van der Waals surface area contributed by atoms with Crippen LogP contribution in [-0.4, -0.2) is 57.0 Å². The lowest BCUT2D eigenvalue weighted by molar-refractivity contribution is 0.0944. The van der Waals surface area contributed by atoms with E-state index in [2.05, 4.69) is 41.9 Å². The summed E-state index contributed by atoms with van der Waals surface area (Å²) in [6.45, 7) is 8.29. The number of rotatable bonds is 25. The van der Waals surface area contributed by atoms with E-state index >= 15 is 0 Å². The van der Waals surface area contributed by atoms with Crippen molar-refractivity contribution in [1.82, 2.24) is 16.0 Å². The monoisotopic (exact) mass is 753 g/mol. The van der Waals surface area contributed by atoms with Crippen molar-refractivity contribution in [2.75, 3.05) is 39.3 Å². The minimum Gasteiger partial charge on any atom is -0.352 e. The Labute approximate surface area is 330 Å². The zero-order valence-electron chi connectivity index (χ0n) is 33.7. The quantitative estimate of drug-likeness (QED) is 0.0489. The number of carbonyl (C=O) groups is 3. The van der Waals surface area contributed by atoms with E-state index in [0.717, 1.165) is 149 Å². The van der Waals surface area contributed by atoms with Crippen molar-refractivity contribution in [3.05, 3.63) is 105 Å². The highest BCUT2D eigenvalue weighted by Crippen LogP contribution is 2.47. The molecule has 9 heteroatoms. The SMILES string of the molecule is Cc1ccc(C(=O)NCCCCCCCN)cc1C1c2cc(C(=O)NCCCCCCCN)ccc2C(C)c2ccc(C(=O)NCCCCCCCN)cc21. The molecule has 3 amide bonds. The molecule has 0 bridgehead atoms. The summed E-state index contributed by atoms with van der Waals surface area (Å²) in [7, 11) is 0. The number of benzene rings is 3. The maximum atomic E-state index is 13.5. The fourth-order valence-electron chi connectivity index (χ4n) is 7.79. The van der Waals surface area contributed by atoms with Gasteiger partial charge in [-0.15, -0.1) is 0 Å². The van der Waals surface area contributed by atoms with E-state index in [4.69, 9.17) is 17.2 Å². The number of hydrogen-bond donors (Lipinski definition) is 6. The van der Waals surface area contributed by atoms with Gasteiger partial charge in [-0.2, -0.15) is 0 Å². The minimum absolute atomic E-state index is 0.0501. The Bertz CT molecular complexity index is 1590. The first kappa shape index (κ1) is 43.7. The molecule has 3 aromatic carbocycles. The Morgan fingerprint density at radius 3 is 1.16 bits per heavy atom. The molecule has 0 atom stereocenters. The molecule has 0 heterocycles. The van der Waals surface area contributed by atoms with Gasteiger partial charge < -0.3 is 33.2 Å². The van der Waals surface area contributed by atoms with Gasteiger partial charge in [0.2, 0.25) is 0 Å². The lowest BCUT2D eigenvalue weighted by atomic mass is 9.69. The highest BCUT2D eigenvalue weighted by Gasteiger charge is 2.33. The van der Waals surface area contributed by atoms with Gasteiger partial charge in [0.25, 0.3) is 17.7 Å². The Hall–Kier alpha value is -4.05. The maximum absolute atomic E-state index is 13.5. The molecule has 9 N–H and O–H groups in total. The van der Waals surface area contributed by atoms with Gasteiger partial charge in [-0.25, -0.2) is 0 Å². The average Bonchev–Trinajstić information content (AvgIpc) is 3.19. The minimum atomic E-state index is -0.276. The highest BCUT2D eigenvalue weighted by molar-refractivity contribution is 5.96. The molecule has 0 unspecified atom stereocenters. The third-order valence-electron chi connectivity index (χ3n) is 11.1. The average molecular weight is 753 g/mol. The molecule has 0 spiro atoms. The molecule has 0 radical (unpaired) electrons. The molecule has 1 aliphatic rings. The van der Waals surface area contributed by atoms with Crippen LogP contribution in [-0.2, 0) is 0 Å². The molecule has 3 aromatic rings. The number of nitrogens with one attached hydrogen (secondary N) is 3. The number of amides is 3. The second-order valence-corrected chi connectivity index (χ2v) is 15.4. The van der Waals surface area contributed by atoms with E-state index in [9.17, 15) is 14.4 Å². The summed E-state index contributed by atoms with van der Waals surface area (Å²) in [6.07, 6.45) is 15.8. The maximum Gasteiger partial charge on any atom is 0.251 e. The topological polar surface area (TPSA) is 165 Å². The number of aryl methyl sites for hydroxylation is 1. The fourth-order valence-corrected chi connectivity index (χ4v) is 7.79. The number of hydrogen-bond acceptors (Lipinski definition) is 6. The Balaban J connectivity index is 1.62. The van der Waals surface area contributed by atoms with Gasteiger partial charge in [0.1, 0.15) is 0 Å². The van der Waals surface area contributed by atoms with Crippen LogP contribution in [0.2, 0.25) is 0 Å². The Kier molecular flexibility index (Phi) is 18.9. The van der Waals surface area contributed by atoms with Gasteiger partial charge in [0.15, 0.2) is 0 Å². The van der Waals surface area contributed by atoms with E-state index in [0.29, 0.717) is 36.3 Å². The third-order valence-corrected chi connectivity index (χ3v) is 11.1. The molecule has 0 saturated heterocycles. The second-order valence-electron chi connectivity index (χ2n) is 15.4. The van der Waals surface area contributed by atoms with Crippen molar-refractivity contribution in [2.45, 2.75) is 122 Å². The van der Waals surface area contributed by atoms with Crippen molar-refractivity contribution in [3.63, 3.8) is 0 Å². The van der Waals surface area contributed by atoms with E-state index in [1.807, 2.05) is 42.5 Å². The lowest BCUT2D eigenvalue weighted by Gasteiger charge is -2.34. The highest BCUT2D eigenvalue weighted by atomic mass is 16.2. The van der Waals surface area contributed by atoms with Crippen LogP contribution in [0, 0.1) is 6.92 Å². The normalized spacial score (nSPS) is 14.6. The smallest absolute Gasteiger partial charge is 0.251 e. The van der Waals surface area contributed by atoms with Crippen molar-refractivity contribution in [1.29, 1.82) is 0 Å². The van der Waals surface area contributed by atoms with Gasteiger partial charge in [-0.3, -0.25) is 14.4 Å². The first-order valence-corrected chi connectivity index (χ1v) is 21.1. The summed E-state index contributed by atoms with van der Waals surface area (Å²) in [4.78, 5) is 40.6. The van der Waals surface area contributed by atoms with Crippen LogP contribution in [0.15, 0.2) is 54.6 Å². The lowest BCUT2D eigenvalue weighted by Crippen LogP contribution is -2.27. The first-order chi connectivity index (χ1) is 26.8. The van der Waals surface area contributed by atoms with E-state index in [-0.39, 0.29) is 29.6 Å². The molecule has 4 rings (SSSR count). The first-order valence-electron chi connectivity index (χ1n) is 21.1. The van der Waals surface area contributed by atoms with Crippen molar-refractivity contribution in [2.24, 2.45) is 17.2 Å². The molecule has 300 valence electrons. The van der Waals surface area contributed by atoms with Crippen molar-refractivity contribution in [3.8, 4) is 0 Å². The molecule has 0 fully saturated rings. The van der Waals surface area contributed by atoms with Crippen LogP contribution in [0.5, 0.6) is 0 Å². The van der Waals surface area contributed by atoms with Crippen LogP contribution < -0.4 is 33.2 Å². The Morgan fingerprint density at radius 2 is 0.782 bits per heavy atom. The number of fused-ring (bicyclic) bond motifs is 2. The molecule has 9 nitrogen and oxygen atoms in total. The fraction of sp³-hybridized carbons (Fsp3) is 0.543. The predicted octanol–water partition coefficient (Wildman–Crippen LogP) is 7.56. The summed E-state index contributed by atoms with van der Waals surface area (Å²) in [5.41, 5.74) is 25.1. The number of unbranched alkanes of at least 4 members (excludes halogenated alkanes) is 12. The van der Waals surface area contributed by atoms with Crippen LogP contribution >= 0.6 is 0 Å². The van der Waals surface area contributed by atoms with Crippen LogP contribution in [0.4, 0.5) is 0 Å². The van der Waals surface area contributed by atoms with Crippen LogP contribution in [0.3, 0.4) is 0 Å². The molecule has 0 aromatic heterocycles. The van der Waals surface area contributed by atoms with Crippen LogP contribution in [0.1, 0.15) is 180 Å². The third kappa shape index (κ3) is 13.0. The van der Waals surface area contributed by atoms with E-state index in [1.165, 1.54) is 0 Å². The molecule has 55 heavy (non-hydrogen) atoms. The predicted molar refractivity (Wildman–Crippen MR) is 226 cm³/mol. The Morgan fingerprint density at radius 1 is 0.455 bits per heavy atom. The van der Waals surface area contributed by atoms with Gasteiger partial charge in [-0.05, 0) is 135 Å². The number of carbonyl (C=O) groups excluding carboxylic acids is 3. The molecule has 1 aliphatic carbocycles. The van der Waals surface area contributed by atoms with Gasteiger partial charge >= 0.3 is 0 Å². The largest absolute Gasteiger partial charge is 0.352 e. The summed E-state index contributed by atoms with van der Waals surface area (Å²) < 4.78 is 0. The zero-order valence-corrected chi connectivity index (χ0v) is 33.7. The second kappa shape index (κ2) is 23.8. The van der Waals surface area contributed by atoms with E-state index in [1.54, 1.807) is 0 Å². The van der Waals surface area contributed by atoms with Crippen LogP contribution in [0.25, 0.3) is 0 Å². The molecule has 0 saturated carbocycles. The summed E-state index contributed by atoms with van der Waals surface area (Å²) in [6, 6.07) is 18.0. The van der Waals surface area contributed by atoms with Crippen molar-refractivity contribution >= 4 is 17.7 Å². The van der Waals surface area contributed by atoms with Gasteiger partial charge in [-0.1, -0.05) is 82.9 Å². The number of nitrogens with two attached hydrogens (primary N) is 3. The van der Waals surface area contributed by atoms with E-state index < -0.39 is 0 Å². The molecule has 0 aliphatic heterocycles.